The Morgan fingerprint density at radius 1 is 0.667 bits per heavy atom. The smallest absolute Gasteiger partial charge is 0.00132 e. The lowest BCUT2D eigenvalue weighted by molar-refractivity contribution is 1.27. The molecule has 0 nitrogen and oxygen atoms in total. The van der Waals surface area contributed by atoms with E-state index in [9.17, 15) is 0 Å². The Labute approximate surface area is 123 Å². The fourth-order valence-corrected chi connectivity index (χ4v) is 3.65. The van der Waals surface area contributed by atoms with E-state index in [0.29, 0.717) is 0 Å². The van der Waals surface area contributed by atoms with Crippen molar-refractivity contribution < 1.29 is 0 Å². The van der Waals surface area contributed by atoms with Gasteiger partial charge in [-0.15, -0.1) is 0 Å². The predicted molar refractivity (Wildman–Crippen MR) is 88.5 cm³/mol. The Kier molecular flexibility index (Phi) is 2.09. The highest BCUT2D eigenvalue weighted by Gasteiger charge is 2.20. The Balaban J connectivity index is 1.97. The molecule has 0 amide bonds. The molecule has 5 rings (SSSR count). The first-order valence-corrected chi connectivity index (χ1v) is 7.35. The second kappa shape index (κ2) is 3.95. The monoisotopic (exact) mass is 265 g/mol. The number of hydrogen-bond donors (Lipinski definition) is 0. The Bertz CT molecular complexity index is 1010. The summed E-state index contributed by atoms with van der Waals surface area (Å²) < 4.78 is 0. The molecule has 4 aromatic rings. The van der Waals surface area contributed by atoms with Crippen LogP contribution in [0.15, 0.2) is 66.7 Å². The minimum Gasteiger partial charge on any atom is -0.0619 e. The summed E-state index contributed by atoms with van der Waals surface area (Å²) in [6, 6.07) is 27.4. The topological polar surface area (TPSA) is 0 Å². The number of rotatable bonds is 0. The summed E-state index contributed by atoms with van der Waals surface area (Å²) in [7, 11) is 0. The number of hydrogen-bond acceptors (Lipinski definition) is 0. The molecule has 0 heteroatoms. The van der Waals surface area contributed by atoms with E-state index in [1.165, 1.54) is 43.8 Å². The van der Waals surface area contributed by atoms with E-state index in [4.69, 9.17) is 0 Å². The van der Waals surface area contributed by atoms with Gasteiger partial charge in [0.25, 0.3) is 0 Å². The third kappa shape index (κ3) is 1.45. The van der Waals surface area contributed by atoms with Crippen molar-refractivity contribution in [3.63, 3.8) is 0 Å². The summed E-state index contributed by atoms with van der Waals surface area (Å²) in [6.07, 6.45) is 1.06. The molecule has 0 fully saturated rings. The first kappa shape index (κ1) is 11.1. The molecule has 0 unspecified atom stereocenters. The van der Waals surface area contributed by atoms with Crippen LogP contribution in [0.4, 0.5) is 0 Å². The molecule has 1 radical (unpaired) electrons. The van der Waals surface area contributed by atoms with Gasteiger partial charge in [-0.3, -0.25) is 0 Å². The zero-order valence-electron chi connectivity index (χ0n) is 11.6. The average Bonchev–Trinajstić information content (AvgIpc) is 2.93. The third-order valence-electron chi connectivity index (χ3n) is 4.59. The molecule has 0 N–H and O–H groups in total. The molecule has 1 aliphatic rings. The van der Waals surface area contributed by atoms with Crippen molar-refractivity contribution in [3.8, 4) is 11.1 Å². The zero-order chi connectivity index (χ0) is 13.8. The molecule has 0 spiro atoms. The third-order valence-corrected chi connectivity index (χ3v) is 4.59. The summed E-state index contributed by atoms with van der Waals surface area (Å²) in [6.45, 7) is 0. The van der Waals surface area contributed by atoms with E-state index in [1.54, 1.807) is 0 Å². The van der Waals surface area contributed by atoms with Gasteiger partial charge in [-0.1, -0.05) is 66.7 Å². The molecule has 21 heavy (non-hydrogen) atoms. The summed E-state index contributed by atoms with van der Waals surface area (Å²) in [5.74, 6) is 0. The predicted octanol–water partition coefficient (Wildman–Crippen LogP) is 5.36. The van der Waals surface area contributed by atoms with Crippen LogP contribution in [-0.2, 0) is 6.42 Å². The summed E-state index contributed by atoms with van der Waals surface area (Å²) >= 11 is 0. The molecular formula is C21H13. The zero-order valence-corrected chi connectivity index (χ0v) is 11.6. The first-order valence-electron chi connectivity index (χ1n) is 7.35. The van der Waals surface area contributed by atoms with Crippen molar-refractivity contribution in [2.24, 2.45) is 0 Å². The molecule has 0 bridgehead atoms. The molecule has 4 aromatic carbocycles. The molecule has 97 valence electrons. The minimum atomic E-state index is 1.06. The normalized spacial score (nSPS) is 12.6. The van der Waals surface area contributed by atoms with E-state index >= 15 is 0 Å². The Morgan fingerprint density at radius 2 is 1.57 bits per heavy atom. The van der Waals surface area contributed by atoms with E-state index in [-0.39, 0.29) is 0 Å². The van der Waals surface area contributed by atoms with Gasteiger partial charge >= 0.3 is 0 Å². The lowest BCUT2D eigenvalue weighted by Gasteiger charge is -2.09. The second-order valence-corrected chi connectivity index (χ2v) is 5.73. The standard InChI is InChI=1S/C21H13/c1-3-7-17-14(5-1)9-12-20-19(17)11-10-16-13-15-6-2-4-8-18(15)21(16)20/h1-4,6-12H,13H2. The number of fused-ring (bicyclic) bond motifs is 7. The van der Waals surface area contributed by atoms with Gasteiger partial charge in [0.15, 0.2) is 0 Å². The van der Waals surface area contributed by atoms with Gasteiger partial charge in [-0.05, 0) is 56.3 Å². The lowest BCUT2D eigenvalue weighted by Crippen LogP contribution is -1.84. The van der Waals surface area contributed by atoms with Crippen LogP contribution in [0.2, 0.25) is 0 Å². The molecule has 0 atom stereocenters. The van der Waals surface area contributed by atoms with Crippen LogP contribution in [0.5, 0.6) is 0 Å². The Hall–Kier alpha value is -2.60. The van der Waals surface area contributed by atoms with E-state index < -0.39 is 0 Å². The van der Waals surface area contributed by atoms with Crippen LogP contribution < -0.4 is 0 Å². The molecular weight excluding hydrogens is 252 g/mol. The molecule has 0 aliphatic heterocycles. The minimum absolute atomic E-state index is 1.06. The molecule has 0 heterocycles. The van der Waals surface area contributed by atoms with Gasteiger partial charge in [0.2, 0.25) is 0 Å². The van der Waals surface area contributed by atoms with Gasteiger partial charge in [0, 0.05) is 0 Å². The van der Waals surface area contributed by atoms with Crippen LogP contribution in [-0.4, -0.2) is 0 Å². The SMILES string of the molecule is [c]1cccc2c1ccc1c3c(ccc12)Cc1ccccc1-3. The van der Waals surface area contributed by atoms with Crippen LogP contribution in [0.3, 0.4) is 0 Å². The highest BCUT2D eigenvalue weighted by atomic mass is 14.2. The maximum Gasteiger partial charge on any atom is -0.00132 e. The van der Waals surface area contributed by atoms with Gasteiger partial charge in [0.1, 0.15) is 0 Å². The summed E-state index contributed by atoms with van der Waals surface area (Å²) in [5.41, 5.74) is 5.72. The van der Waals surface area contributed by atoms with Crippen molar-refractivity contribution in [3.05, 3.63) is 83.9 Å². The van der Waals surface area contributed by atoms with Crippen molar-refractivity contribution in [2.75, 3.05) is 0 Å². The van der Waals surface area contributed by atoms with Crippen molar-refractivity contribution in [2.45, 2.75) is 6.42 Å². The molecule has 0 aromatic heterocycles. The lowest BCUT2D eigenvalue weighted by atomic mass is 9.94. The maximum absolute atomic E-state index is 3.33. The fraction of sp³-hybridized carbons (Fsp3) is 0.0476. The van der Waals surface area contributed by atoms with E-state index in [1.807, 2.05) is 6.07 Å². The second-order valence-electron chi connectivity index (χ2n) is 5.73. The summed E-state index contributed by atoms with van der Waals surface area (Å²) in [5, 5.41) is 5.18. The van der Waals surface area contributed by atoms with Crippen molar-refractivity contribution >= 4 is 21.5 Å². The quantitative estimate of drug-likeness (QED) is 0.330. The Morgan fingerprint density at radius 3 is 2.57 bits per heavy atom. The number of benzene rings is 4. The fourth-order valence-electron chi connectivity index (χ4n) is 3.65. The molecule has 1 aliphatic carbocycles. The molecule has 0 saturated carbocycles. The van der Waals surface area contributed by atoms with E-state index in [0.717, 1.165) is 6.42 Å². The highest BCUT2D eigenvalue weighted by molar-refractivity contribution is 6.13. The van der Waals surface area contributed by atoms with Crippen LogP contribution in [0.1, 0.15) is 11.1 Å². The maximum atomic E-state index is 3.33. The van der Waals surface area contributed by atoms with Crippen molar-refractivity contribution in [1.29, 1.82) is 0 Å². The first-order chi connectivity index (χ1) is 10.4. The molecule has 0 saturated heterocycles. The van der Waals surface area contributed by atoms with Crippen molar-refractivity contribution in [1.82, 2.24) is 0 Å². The van der Waals surface area contributed by atoms with Gasteiger partial charge in [-0.25, -0.2) is 0 Å². The largest absolute Gasteiger partial charge is 0.0619 e. The van der Waals surface area contributed by atoms with Gasteiger partial charge in [-0.2, -0.15) is 0 Å². The highest BCUT2D eigenvalue weighted by Crippen LogP contribution is 2.42. The summed E-state index contributed by atoms with van der Waals surface area (Å²) in [4.78, 5) is 0. The van der Waals surface area contributed by atoms with Gasteiger partial charge in [0.05, 0.1) is 0 Å². The van der Waals surface area contributed by atoms with Gasteiger partial charge < -0.3 is 0 Å². The average molecular weight is 265 g/mol. The van der Waals surface area contributed by atoms with Crippen LogP contribution >= 0.6 is 0 Å². The van der Waals surface area contributed by atoms with E-state index in [2.05, 4.69) is 66.7 Å². The van der Waals surface area contributed by atoms with Crippen LogP contribution in [0.25, 0.3) is 32.7 Å². The van der Waals surface area contributed by atoms with Crippen LogP contribution in [0, 0.1) is 6.07 Å².